The molecule has 16 heteroatoms. The van der Waals surface area contributed by atoms with E-state index in [4.69, 9.17) is 10.2 Å². The summed E-state index contributed by atoms with van der Waals surface area (Å²) in [5.41, 5.74) is 0.291. The van der Waals surface area contributed by atoms with Gasteiger partial charge in [-0.3, -0.25) is 48.8 Å². The molecule has 0 aliphatic carbocycles. The average Bonchev–Trinajstić information content (AvgIpc) is 2.76. The van der Waals surface area contributed by atoms with Gasteiger partial charge in [-0.05, 0) is 18.9 Å². The quantitative estimate of drug-likeness (QED) is 0.106. The van der Waals surface area contributed by atoms with Crippen LogP contribution in [0.25, 0.3) is 0 Å². The number of carboxylic acid groups (broad SMARTS) is 5. The lowest BCUT2D eigenvalue weighted by Crippen LogP contribution is -2.53. The number of carbonyl (C=O) groups is 5. The van der Waals surface area contributed by atoms with Crippen molar-refractivity contribution in [2.75, 3.05) is 45.8 Å². The maximum Gasteiger partial charge on any atom is 0.317 e. The molecule has 38 heavy (non-hydrogen) atoms. The van der Waals surface area contributed by atoms with Crippen LogP contribution in [0, 0.1) is 10.1 Å². The number of nitrogens with zero attached hydrogens (tertiary/aromatic N) is 4. The fourth-order valence-corrected chi connectivity index (χ4v) is 3.89. The summed E-state index contributed by atoms with van der Waals surface area (Å²) in [4.78, 5) is 70.8. The van der Waals surface area contributed by atoms with E-state index in [1.165, 1.54) is 36.1 Å². The Morgan fingerprint density at radius 1 is 0.737 bits per heavy atom. The highest BCUT2D eigenvalue weighted by Gasteiger charge is 2.29. The molecule has 1 aromatic rings. The zero-order valence-electron chi connectivity index (χ0n) is 20.5. The van der Waals surface area contributed by atoms with Gasteiger partial charge >= 0.3 is 29.8 Å². The van der Waals surface area contributed by atoms with Gasteiger partial charge in [-0.2, -0.15) is 0 Å². The fourth-order valence-electron chi connectivity index (χ4n) is 3.89. The summed E-state index contributed by atoms with van der Waals surface area (Å²) in [7, 11) is 0. The number of carboxylic acids is 5. The lowest BCUT2D eigenvalue weighted by Gasteiger charge is -2.36. The van der Waals surface area contributed by atoms with Crippen molar-refractivity contribution in [2.24, 2.45) is 0 Å². The van der Waals surface area contributed by atoms with E-state index in [0.29, 0.717) is 5.56 Å². The average molecular weight is 542 g/mol. The first-order valence-electron chi connectivity index (χ1n) is 11.2. The van der Waals surface area contributed by atoms with Crippen molar-refractivity contribution in [2.45, 2.75) is 25.4 Å². The summed E-state index contributed by atoms with van der Waals surface area (Å²) in [6.07, 6.45) is -0.00296. The molecule has 0 aromatic heterocycles. The van der Waals surface area contributed by atoms with E-state index in [-0.39, 0.29) is 25.2 Å². The second-order valence-electron chi connectivity index (χ2n) is 8.60. The van der Waals surface area contributed by atoms with Crippen LogP contribution >= 0.6 is 0 Å². The van der Waals surface area contributed by atoms with Gasteiger partial charge in [-0.25, -0.2) is 0 Å². The Kier molecular flexibility index (Phi) is 12.7. The van der Waals surface area contributed by atoms with Gasteiger partial charge in [-0.15, -0.1) is 0 Å². The minimum Gasteiger partial charge on any atom is -0.480 e. The molecule has 1 rings (SSSR count). The van der Waals surface area contributed by atoms with Crippen molar-refractivity contribution in [3.8, 4) is 0 Å². The molecule has 2 atom stereocenters. The van der Waals surface area contributed by atoms with Gasteiger partial charge < -0.3 is 25.5 Å². The minimum absolute atomic E-state index is 0.00296. The van der Waals surface area contributed by atoms with Gasteiger partial charge in [0, 0.05) is 37.3 Å². The summed E-state index contributed by atoms with van der Waals surface area (Å²) >= 11 is 0. The lowest BCUT2D eigenvalue weighted by molar-refractivity contribution is -0.384. The van der Waals surface area contributed by atoms with E-state index in [1.807, 2.05) is 0 Å². The SMILES string of the molecule is C[C@@H](CN(CC(=O)O)C[C@H](Cc1ccc([N+](=O)[O-])cc1)N(CC(=O)O)CC(=O)O)N(CC(=O)O)CC(=O)O. The molecule has 0 fully saturated rings. The van der Waals surface area contributed by atoms with Crippen LogP contribution in [-0.2, 0) is 30.4 Å². The molecule has 0 amide bonds. The number of benzene rings is 1. The first kappa shape index (κ1) is 31.9. The van der Waals surface area contributed by atoms with Crippen LogP contribution < -0.4 is 0 Å². The number of hydrogen-bond acceptors (Lipinski definition) is 10. The molecule has 5 N–H and O–H groups in total. The standard InChI is InChI=1S/C22H30N4O12/c1-14(24(10-19(29)30)11-20(31)32)7-23(9-18(27)28)8-17(25(12-21(33)34)13-22(35)36)6-15-2-4-16(5-3-15)26(37)38/h2-5,14,17H,6-13H2,1H3,(H,27,28)(H,29,30)(H,31,32)(H,33,34)(H,35,36)/t14-,17-/m0/s1. The molecule has 210 valence electrons. The molecule has 0 unspecified atom stereocenters. The van der Waals surface area contributed by atoms with Crippen LogP contribution in [0.4, 0.5) is 5.69 Å². The monoisotopic (exact) mass is 542 g/mol. The van der Waals surface area contributed by atoms with Crippen LogP contribution in [0.2, 0.25) is 0 Å². The lowest BCUT2D eigenvalue weighted by atomic mass is 10.0. The van der Waals surface area contributed by atoms with E-state index in [9.17, 15) is 49.4 Å². The summed E-state index contributed by atoms with van der Waals surface area (Å²) in [5, 5.41) is 57.3. The molecule has 16 nitrogen and oxygen atoms in total. The Morgan fingerprint density at radius 2 is 1.16 bits per heavy atom. The van der Waals surface area contributed by atoms with Crippen LogP contribution in [0.5, 0.6) is 0 Å². The first-order chi connectivity index (χ1) is 17.7. The van der Waals surface area contributed by atoms with Gasteiger partial charge in [0.25, 0.3) is 5.69 Å². The highest BCUT2D eigenvalue weighted by Crippen LogP contribution is 2.17. The largest absolute Gasteiger partial charge is 0.480 e. The maximum atomic E-state index is 11.6. The van der Waals surface area contributed by atoms with Gasteiger partial charge in [0.05, 0.1) is 37.6 Å². The predicted molar refractivity (Wildman–Crippen MR) is 128 cm³/mol. The summed E-state index contributed by atoms with van der Waals surface area (Å²) < 4.78 is 0. The van der Waals surface area contributed by atoms with Gasteiger partial charge in [-0.1, -0.05) is 12.1 Å². The predicted octanol–water partition coefficient (Wildman–Crippen LogP) is -0.777. The molecule has 0 heterocycles. The topological polar surface area (TPSA) is 239 Å². The molecule has 0 saturated carbocycles. The number of hydrogen-bond donors (Lipinski definition) is 5. The second kappa shape index (κ2) is 15.2. The minimum atomic E-state index is -1.34. The van der Waals surface area contributed by atoms with E-state index in [1.54, 1.807) is 0 Å². The van der Waals surface area contributed by atoms with Crippen LogP contribution in [0.3, 0.4) is 0 Å². The zero-order chi connectivity index (χ0) is 29.0. The molecule has 0 bridgehead atoms. The maximum absolute atomic E-state index is 11.6. The molecular weight excluding hydrogens is 512 g/mol. The summed E-state index contributed by atoms with van der Waals surface area (Å²) in [6.45, 7) is -2.11. The van der Waals surface area contributed by atoms with Gasteiger partial charge in [0.1, 0.15) is 0 Å². The van der Waals surface area contributed by atoms with Crippen molar-refractivity contribution < 1.29 is 54.4 Å². The van der Waals surface area contributed by atoms with Crippen LogP contribution in [0.1, 0.15) is 12.5 Å². The molecule has 0 aliphatic rings. The highest BCUT2D eigenvalue weighted by atomic mass is 16.6. The van der Waals surface area contributed by atoms with E-state index >= 15 is 0 Å². The molecule has 0 spiro atoms. The third-order valence-corrected chi connectivity index (χ3v) is 5.46. The summed E-state index contributed by atoms with van der Waals surface area (Å²) in [6, 6.07) is 3.60. The highest BCUT2D eigenvalue weighted by molar-refractivity contribution is 5.73. The number of nitro groups is 1. The van der Waals surface area contributed by atoms with Crippen molar-refractivity contribution >= 4 is 35.5 Å². The third kappa shape index (κ3) is 12.2. The molecule has 0 aliphatic heterocycles. The number of aliphatic carboxylic acids is 5. The Balaban J connectivity index is 3.33. The van der Waals surface area contributed by atoms with E-state index in [0.717, 1.165) is 9.80 Å². The van der Waals surface area contributed by atoms with Gasteiger partial charge in [0.15, 0.2) is 0 Å². The molecule has 0 radical (unpaired) electrons. The smallest absolute Gasteiger partial charge is 0.317 e. The van der Waals surface area contributed by atoms with Crippen molar-refractivity contribution in [1.82, 2.24) is 14.7 Å². The zero-order valence-corrected chi connectivity index (χ0v) is 20.5. The first-order valence-corrected chi connectivity index (χ1v) is 11.2. The van der Waals surface area contributed by atoms with E-state index < -0.39 is 79.6 Å². The Morgan fingerprint density at radius 3 is 1.55 bits per heavy atom. The third-order valence-electron chi connectivity index (χ3n) is 5.46. The number of non-ortho nitro benzene ring substituents is 1. The van der Waals surface area contributed by atoms with Crippen molar-refractivity contribution in [1.29, 1.82) is 0 Å². The molecule has 1 aromatic carbocycles. The Hall–Kier alpha value is -4.15. The van der Waals surface area contributed by atoms with Crippen molar-refractivity contribution in [3.63, 3.8) is 0 Å². The normalized spacial score (nSPS) is 12.8. The Bertz CT molecular complexity index is 984. The van der Waals surface area contributed by atoms with Crippen LogP contribution in [-0.4, -0.2) is 133 Å². The molecule has 0 saturated heterocycles. The second-order valence-corrected chi connectivity index (χ2v) is 8.60. The van der Waals surface area contributed by atoms with Crippen LogP contribution in [0.15, 0.2) is 24.3 Å². The van der Waals surface area contributed by atoms with Gasteiger partial charge in [0.2, 0.25) is 0 Å². The number of rotatable bonds is 19. The Labute approximate surface area is 216 Å². The molecular formula is C22H30N4O12. The van der Waals surface area contributed by atoms with E-state index in [2.05, 4.69) is 0 Å². The summed E-state index contributed by atoms with van der Waals surface area (Å²) in [5.74, 6) is -6.56. The van der Waals surface area contributed by atoms with Crippen molar-refractivity contribution in [3.05, 3.63) is 39.9 Å². The number of nitro benzene ring substituents is 1. The fraction of sp³-hybridized carbons (Fsp3) is 0.500.